The predicted octanol–water partition coefficient (Wildman–Crippen LogP) is 4.31. The first-order valence-corrected chi connectivity index (χ1v) is 9.22. The van der Waals surface area contributed by atoms with Crippen LogP contribution in [0.3, 0.4) is 0 Å². The molecule has 0 bridgehead atoms. The molecule has 0 spiro atoms. The number of anilines is 1. The van der Waals surface area contributed by atoms with Crippen molar-refractivity contribution in [1.82, 2.24) is 9.78 Å². The average Bonchev–Trinajstić information content (AvgIpc) is 2.92. The van der Waals surface area contributed by atoms with Crippen LogP contribution in [0.1, 0.15) is 18.3 Å². The number of hydrogen-bond donors (Lipinski definition) is 2. The number of nitrogens with zero attached hydrogens (tertiary/aromatic N) is 2. The minimum absolute atomic E-state index is 0.0816. The number of aryl methyl sites for hydroxylation is 1. The van der Waals surface area contributed by atoms with E-state index in [4.69, 9.17) is 0 Å². The second kappa shape index (κ2) is 7.66. The van der Waals surface area contributed by atoms with Crippen molar-refractivity contribution in [3.8, 4) is 11.4 Å². The Labute approximate surface area is 157 Å². The van der Waals surface area contributed by atoms with Crippen molar-refractivity contribution in [1.29, 1.82) is 0 Å². The van der Waals surface area contributed by atoms with Gasteiger partial charge in [0, 0.05) is 4.90 Å². The fraction of sp³-hybridized carbons (Fsp3) is 0.200. The van der Waals surface area contributed by atoms with E-state index < -0.39 is 0 Å². The lowest BCUT2D eigenvalue weighted by Gasteiger charge is -2.12. The van der Waals surface area contributed by atoms with Crippen LogP contribution in [0.2, 0.25) is 0 Å². The summed E-state index contributed by atoms with van der Waals surface area (Å²) in [5.74, 6) is 0.132. The second-order valence-electron chi connectivity index (χ2n) is 6.04. The molecular formula is C20H21N3O2S. The lowest BCUT2D eigenvalue weighted by Crippen LogP contribution is -2.23. The van der Waals surface area contributed by atoms with E-state index in [2.05, 4.69) is 10.4 Å². The summed E-state index contributed by atoms with van der Waals surface area (Å²) in [7, 11) is 0. The topological polar surface area (TPSA) is 67.2 Å². The number of phenols is 1. The van der Waals surface area contributed by atoms with Gasteiger partial charge in [0.15, 0.2) is 0 Å². The summed E-state index contributed by atoms with van der Waals surface area (Å²) in [6.07, 6.45) is 0. The number of para-hydroxylation sites is 1. The van der Waals surface area contributed by atoms with Crippen LogP contribution in [-0.2, 0) is 4.79 Å². The Bertz CT molecular complexity index is 905. The molecule has 1 unspecified atom stereocenters. The van der Waals surface area contributed by atoms with Gasteiger partial charge in [-0.25, -0.2) is 4.68 Å². The van der Waals surface area contributed by atoms with Gasteiger partial charge >= 0.3 is 0 Å². The molecule has 0 saturated carbocycles. The minimum atomic E-state index is -0.279. The molecule has 0 fully saturated rings. The van der Waals surface area contributed by atoms with Gasteiger partial charge in [-0.1, -0.05) is 18.2 Å². The van der Waals surface area contributed by atoms with Gasteiger partial charge in [-0.3, -0.25) is 4.79 Å². The molecule has 3 rings (SSSR count). The minimum Gasteiger partial charge on any atom is -0.508 e. The van der Waals surface area contributed by atoms with E-state index in [1.165, 1.54) is 11.8 Å². The molecule has 3 aromatic rings. The highest BCUT2D eigenvalue weighted by molar-refractivity contribution is 8.00. The molecule has 1 atom stereocenters. The van der Waals surface area contributed by atoms with Crippen molar-refractivity contribution in [3.05, 3.63) is 66.0 Å². The van der Waals surface area contributed by atoms with Gasteiger partial charge in [0.2, 0.25) is 5.91 Å². The first kappa shape index (κ1) is 18.1. The van der Waals surface area contributed by atoms with Crippen LogP contribution in [0.25, 0.3) is 5.69 Å². The van der Waals surface area contributed by atoms with E-state index in [9.17, 15) is 9.90 Å². The molecule has 1 aromatic heterocycles. The van der Waals surface area contributed by atoms with Gasteiger partial charge in [-0.15, -0.1) is 11.8 Å². The fourth-order valence-electron chi connectivity index (χ4n) is 2.65. The third-order valence-electron chi connectivity index (χ3n) is 4.06. The maximum Gasteiger partial charge on any atom is 0.237 e. The molecule has 1 heterocycles. The number of benzene rings is 2. The van der Waals surface area contributed by atoms with E-state index in [0.29, 0.717) is 0 Å². The normalized spacial score (nSPS) is 12.0. The second-order valence-corrected chi connectivity index (χ2v) is 7.45. The Morgan fingerprint density at radius 3 is 2.42 bits per heavy atom. The Morgan fingerprint density at radius 2 is 1.77 bits per heavy atom. The summed E-state index contributed by atoms with van der Waals surface area (Å²) in [5.41, 5.74) is 3.38. The Kier molecular flexibility index (Phi) is 5.32. The van der Waals surface area contributed by atoms with Crippen LogP contribution >= 0.6 is 11.8 Å². The molecular weight excluding hydrogens is 346 g/mol. The van der Waals surface area contributed by atoms with Crippen molar-refractivity contribution >= 4 is 23.4 Å². The predicted molar refractivity (Wildman–Crippen MR) is 105 cm³/mol. The summed E-state index contributed by atoms with van der Waals surface area (Å²) < 4.78 is 1.84. The molecule has 1 amide bonds. The van der Waals surface area contributed by atoms with Gasteiger partial charge in [0.05, 0.1) is 28.0 Å². The summed E-state index contributed by atoms with van der Waals surface area (Å²) in [5, 5.41) is 16.6. The molecule has 5 nitrogen and oxygen atoms in total. The molecule has 6 heteroatoms. The van der Waals surface area contributed by atoms with Crippen LogP contribution in [0, 0.1) is 13.8 Å². The van der Waals surface area contributed by atoms with Crippen molar-refractivity contribution < 1.29 is 9.90 Å². The molecule has 0 radical (unpaired) electrons. The number of aromatic hydroxyl groups is 1. The zero-order chi connectivity index (χ0) is 18.7. The number of thioether (sulfide) groups is 1. The third-order valence-corrected chi connectivity index (χ3v) is 5.17. The van der Waals surface area contributed by atoms with Crippen molar-refractivity contribution in [3.63, 3.8) is 0 Å². The van der Waals surface area contributed by atoms with Crippen LogP contribution in [0.5, 0.6) is 5.75 Å². The molecule has 2 aromatic carbocycles. The van der Waals surface area contributed by atoms with Gasteiger partial charge in [0.1, 0.15) is 5.75 Å². The van der Waals surface area contributed by atoms with Crippen LogP contribution in [-0.4, -0.2) is 26.0 Å². The first-order chi connectivity index (χ1) is 12.5. The standard InChI is InChI=1S/C20H21N3O2S/c1-13-19(14(2)23(22-13)16-7-5-4-6-8-16)21-20(25)15(3)26-18-11-9-17(24)10-12-18/h4-12,15,24H,1-3H3,(H,21,25). The van der Waals surface area contributed by atoms with Crippen LogP contribution < -0.4 is 5.32 Å². The highest BCUT2D eigenvalue weighted by Gasteiger charge is 2.19. The monoisotopic (exact) mass is 367 g/mol. The number of amides is 1. The average molecular weight is 367 g/mol. The van der Waals surface area contributed by atoms with Crippen molar-refractivity contribution in [2.45, 2.75) is 30.9 Å². The van der Waals surface area contributed by atoms with Gasteiger partial charge in [-0.2, -0.15) is 5.10 Å². The zero-order valence-corrected chi connectivity index (χ0v) is 15.7. The van der Waals surface area contributed by atoms with Gasteiger partial charge in [0.25, 0.3) is 0 Å². The van der Waals surface area contributed by atoms with E-state index in [-0.39, 0.29) is 16.9 Å². The maximum absolute atomic E-state index is 12.6. The third kappa shape index (κ3) is 3.91. The highest BCUT2D eigenvalue weighted by Crippen LogP contribution is 2.27. The number of aromatic nitrogens is 2. The number of carbonyl (C=O) groups is 1. The number of carbonyl (C=O) groups excluding carboxylic acids is 1. The first-order valence-electron chi connectivity index (χ1n) is 8.34. The Balaban J connectivity index is 1.75. The van der Waals surface area contributed by atoms with Crippen LogP contribution in [0.4, 0.5) is 5.69 Å². The summed E-state index contributed by atoms with van der Waals surface area (Å²) >= 11 is 1.44. The fourth-order valence-corrected chi connectivity index (χ4v) is 3.52. The molecule has 0 aliphatic heterocycles. The van der Waals surface area contributed by atoms with Gasteiger partial charge < -0.3 is 10.4 Å². The SMILES string of the molecule is Cc1nn(-c2ccccc2)c(C)c1NC(=O)C(C)Sc1ccc(O)cc1. The smallest absolute Gasteiger partial charge is 0.237 e. The zero-order valence-electron chi connectivity index (χ0n) is 14.9. The number of nitrogens with one attached hydrogen (secondary N) is 1. The van der Waals surface area contributed by atoms with E-state index >= 15 is 0 Å². The summed E-state index contributed by atoms with van der Waals surface area (Å²) in [6, 6.07) is 16.7. The van der Waals surface area contributed by atoms with Gasteiger partial charge in [-0.05, 0) is 57.2 Å². The van der Waals surface area contributed by atoms with E-state index in [0.717, 1.165) is 27.7 Å². The molecule has 0 aliphatic rings. The number of phenolic OH excluding ortho intramolecular Hbond substituents is 1. The number of rotatable bonds is 5. The van der Waals surface area contributed by atoms with E-state index in [1.54, 1.807) is 24.3 Å². The lowest BCUT2D eigenvalue weighted by molar-refractivity contribution is -0.115. The molecule has 134 valence electrons. The summed E-state index contributed by atoms with van der Waals surface area (Å²) in [6.45, 7) is 5.69. The van der Waals surface area contributed by atoms with Crippen molar-refractivity contribution in [2.75, 3.05) is 5.32 Å². The van der Waals surface area contributed by atoms with Crippen LogP contribution in [0.15, 0.2) is 59.5 Å². The lowest BCUT2D eigenvalue weighted by atomic mass is 10.3. The van der Waals surface area contributed by atoms with Crippen molar-refractivity contribution in [2.24, 2.45) is 0 Å². The number of hydrogen-bond acceptors (Lipinski definition) is 4. The molecule has 26 heavy (non-hydrogen) atoms. The molecule has 0 saturated heterocycles. The molecule has 2 N–H and O–H groups in total. The van der Waals surface area contributed by atoms with E-state index in [1.807, 2.05) is 55.8 Å². The quantitative estimate of drug-likeness (QED) is 0.659. The largest absolute Gasteiger partial charge is 0.508 e. The Morgan fingerprint density at radius 1 is 1.12 bits per heavy atom. The Hall–Kier alpha value is -2.73. The highest BCUT2D eigenvalue weighted by atomic mass is 32.2. The maximum atomic E-state index is 12.6. The molecule has 0 aliphatic carbocycles. The summed E-state index contributed by atoms with van der Waals surface area (Å²) in [4.78, 5) is 13.5.